The van der Waals surface area contributed by atoms with Crippen molar-refractivity contribution in [3.63, 3.8) is 0 Å². The average Bonchev–Trinajstić information content (AvgIpc) is 3.19. The summed E-state index contributed by atoms with van der Waals surface area (Å²) in [5.41, 5.74) is 1.71. The summed E-state index contributed by atoms with van der Waals surface area (Å²) >= 11 is 0. The minimum absolute atomic E-state index is 0.0832. The van der Waals surface area contributed by atoms with E-state index in [0.29, 0.717) is 5.56 Å². The van der Waals surface area contributed by atoms with E-state index in [1.54, 1.807) is 26.0 Å². The van der Waals surface area contributed by atoms with E-state index in [4.69, 9.17) is 4.74 Å². The predicted molar refractivity (Wildman–Crippen MR) is 79.5 cm³/mol. The summed E-state index contributed by atoms with van der Waals surface area (Å²) in [4.78, 5) is 11.9. The maximum Gasteiger partial charge on any atom is 0.321 e. The van der Waals surface area contributed by atoms with Crippen molar-refractivity contribution in [1.82, 2.24) is 4.31 Å². The number of carbonyl (C=O) groups excluding carboxylic acids is 1. The van der Waals surface area contributed by atoms with Gasteiger partial charge in [-0.2, -0.15) is 4.31 Å². The van der Waals surface area contributed by atoms with Crippen LogP contribution in [0.4, 0.5) is 0 Å². The first-order valence-corrected chi connectivity index (χ1v) is 8.55. The molecule has 0 unspecified atom stereocenters. The largest absolute Gasteiger partial charge is 0.465 e. The van der Waals surface area contributed by atoms with Crippen molar-refractivity contribution in [2.75, 3.05) is 13.2 Å². The molecule has 2 rings (SSSR count). The van der Waals surface area contributed by atoms with E-state index in [0.717, 1.165) is 18.4 Å². The van der Waals surface area contributed by atoms with Crippen LogP contribution in [0.5, 0.6) is 0 Å². The maximum absolute atomic E-state index is 12.8. The number of rotatable bonds is 6. The molecule has 0 radical (unpaired) electrons. The van der Waals surface area contributed by atoms with Crippen molar-refractivity contribution < 1.29 is 17.9 Å². The standard InChI is InChI=1S/C15H21NO4S/c1-4-20-15(17)10-16(13-6-7-13)21(18,19)14-8-5-11(2)9-12(14)3/h5,8-9,13H,4,6-7,10H2,1-3H3. The van der Waals surface area contributed by atoms with E-state index in [9.17, 15) is 13.2 Å². The average molecular weight is 311 g/mol. The number of carbonyl (C=O) groups is 1. The zero-order valence-corrected chi connectivity index (χ0v) is 13.4. The Kier molecular flexibility index (Phi) is 4.68. The third kappa shape index (κ3) is 3.63. The Morgan fingerprint density at radius 3 is 2.52 bits per heavy atom. The summed E-state index contributed by atoms with van der Waals surface area (Å²) in [6.45, 7) is 5.43. The van der Waals surface area contributed by atoms with Crippen LogP contribution in [0.3, 0.4) is 0 Å². The Labute approximate surface area is 126 Å². The summed E-state index contributed by atoms with van der Waals surface area (Å²) in [7, 11) is -3.67. The van der Waals surface area contributed by atoms with Gasteiger partial charge in [-0.25, -0.2) is 8.42 Å². The third-order valence-corrected chi connectivity index (χ3v) is 5.52. The van der Waals surface area contributed by atoms with Gasteiger partial charge in [-0.1, -0.05) is 17.7 Å². The van der Waals surface area contributed by atoms with E-state index in [-0.39, 0.29) is 24.1 Å². The monoisotopic (exact) mass is 311 g/mol. The highest BCUT2D eigenvalue weighted by atomic mass is 32.2. The Hall–Kier alpha value is -1.40. The normalized spacial score (nSPS) is 15.2. The van der Waals surface area contributed by atoms with Gasteiger partial charge in [0.05, 0.1) is 11.5 Å². The number of aryl methyl sites for hydroxylation is 2. The van der Waals surface area contributed by atoms with Gasteiger partial charge in [0.1, 0.15) is 6.54 Å². The van der Waals surface area contributed by atoms with Crippen LogP contribution < -0.4 is 0 Å². The number of hydrogen-bond donors (Lipinski definition) is 0. The molecule has 0 N–H and O–H groups in total. The lowest BCUT2D eigenvalue weighted by Gasteiger charge is -2.22. The number of esters is 1. The molecule has 0 aromatic heterocycles. The molecule has 1 aromatic carbocycles. The zero-order valence-electron chi connectivity index (χ0n) is 12.6. The third-order valence-electron chi connectivity index (χ3n) is 3.46. The van der Waals surface area contributed by atoms with Gasteiger partial charge in [0.15, 0.2) is 0 Å². The molecule has 0 amide bonds. The van der Waals surface area contributed by atoms with E-state index in [1.165, 1.54) is 4.31 Å². The lowest BCUT2D eigenvalue weighted by molar-refractivity contribution is -0.143. The highest BCUT2D eigenvalue weighted by Gasteiger charge is 2.40. The second kappa shape index (κ2) is 6.15. The molecule has 0 bridgehead atoms. The number of hydrogen-bond acceptors (Lipinski definition) is 4. The molecule has 1 aliphatic rings. The lowest BCUT2D eigenvalue weighted by Crippen LogP contribution is -2.38. The van der Waals surface area contributed by atoms with Crippen molar-refractivity contribution in [2.45, 2.75) is 44.6 Å². The number of ether oxygens (including phenoxy) is 1. The second-order valence-corrected chi connectivity index (χ2v) is 7.21. The van der Waals surface area contributed by atoms with Gasteiger partial charge in [0.25, 0.3) is 0 Å². The highest BCUT2D eigenvalue weighted by Crippen LogP contribution is 2.33. The van der Waals surface area contributed by atoms with E-state index < -0.39 is 16.0 Å². The molecular weight excluding hydrogens is 290 g/mol. The fourth-order valence-electron chi connectivity index (χ4n) is 2.32. The van der Waals surface area contributed by atoms with Crippen LogP contribution in [-0.4, -0.2) is 37.9 Å². The van der Waals surface area contributed by atoms with E-state index >= 15 is 0 Å². The van der Waals surface area contributed by atoms with Crippen LogP contribution in [0.25, 0.3) is 0 Å². The molecule has 0 spiro atoms. The quantitative estimate of drug-likeness (QED) is 0.754. The lowest BCUT2D eigenvalue weighted by atomic mass is 10.2. The summed E-state index contributed by atoms with van der Waals surface area (Å²) in [5.74, 6) is -0.502. The Balaban J connectivity index is 2.31. The van der Waals surface area contributed by atoms with Crippen LogP contribution in [0, 0.1) is 13.8 Å². The molecule has 0 aliphatic heterocycles. The molecule has 116 valence electrons. The van der Waals surface area contributed by atoms with Gasteiger partial charge < -0.3 is 4.74 Å². The zero-order chi connectivity index (χ0) is 15.6. The topological polar surface area (TPSA) is 63.7 Å². The minimum Gasteiger partial charge on any atom is -0.465 e. The maximum atomic E-state index is 12.8. The molecule has 6 heteroatoms. The Bertz CT molecular complexity index is 635. The van der Waals surface area contributed by atoms with Crippen LogP contribution in [0.2, 0.25) is 0 Å². The molecular formula is C15H21NO4S. The molecule has 1 aromatic rings. The van der Waals surface area contributed by atoms with E-state index in [2.05, 4.69) is 0 Å². The number of nitrogens with zero attached hydrogens (tertiary/aromatic N) is 1. The molecule has 0 heterocycles. The van der Waals surface area contributed by atoms with Crippen molar-refractivity contribution in [2.24, 2.45) is 0 Å². The van der Waals surface area contributed by atoms with Crippen LogP contribution in [0.1, 0.15) is 30.9 Å². The van der Waals surface area contributed by atoms with Crippen molar-refractivity contribution in [3.05, 3.63) is 29.3 Å². The summed E-state index contributed by atoms with van der Waals surface area (Å²) < 4.78 is 31.8. The van der Waals surface area contributed by atoms with Gasteiger partial charge in [-0.05, 0) is 45.2 Å². The van der Waals surface area contributed by atoms with E-state index in [1.807, 2.05) is 13.0 Å². The minimum atomic E-state index is -3.67. The number of sulfonamides is 1. The molecule has 1 saturated carbocycles. The first kappa shape index (κ1) is 16.0. The smallest absolute Gasteiger partial charge is 0.321 e. The molecule has 0 saturated heterocycles. The van der Waals surface area contributed by atoms with Crippen LogP contribution >= 0.6 is 0 Å². The highest BCUT2D eigenvalue weighted by molar-refractivity contribution is 7.89. The molecule has 21 heavy (non-hydrogen) atoms. The van der Waals surface area contributed by atoms with Gasteiger partial charge in [0, 0.05) is 6.04 Å². The number of benzene rings is 1. The van der Waals surface area contributed by atoms with Crippen molar-refractivity contribution in [1.29, 1.82) is 0 Å². The predicted octanol–water partition coefficient (Wildman–Crippen LogP) is 2.02. The van der Waals surface area contributed by atoms with Gasteiger partial charge in [-0.3, -0.25) is 4.79 Å². The Morgan fingerprint density at radius 2 is 2.00 bits per heavy atom. The fraction of sp³-hybridized carbons (Fsp3) is 0.533. The van der Waals surface area contributed by atoms with Gasteiger partial charge >= 0.3 is 5.97 Å². The summed E-state index contributed by atoms with van der Waals surface area (Å²) in [6, 6.07) is 5.14. The van der Waals surface area contributed by atoms with Crippen LogP contribution in [-0.2, 0) is 19.6 Å². The first-order valence-electron chi connectivity index (χ1n) is 7.11. The fourth-order valence-corrected chi connectivity index (χ4v) is 4.16. The van der Waals surface area contributed by atoms with Gasteiger partial charge in [-0.15, -0.1) is 0 Å². The second-order valence-electron chi connectivity index (χ2n) is 5.36. The Morgan fingerprint density at radius 1 is 1.33 bits per heavy atom. The van der Waals surface area contributed by atoms with Gasteiger partial charge in [0.2, 0.25) is 10.0 Å². The van der Waals surface area contributed by atoms with Crippen molar-refractivity contribution in [3.8, 4) is 0 Å². The molecule has 0 atom stereocenters. The molecule has 1 fully saturated rings. The van der Waals surface area contributed by atoms with Crippen molar-refractivity contribution >= 4 is 16.0 Å². The summed E-state index contributed by atoms with van der Waals surface area (Å²) in [6.07, 6.45) is 1.59. The first-order chi connectivity index (χ1) is 9.86. The SMILES string of the molecule is CCOC(=O)CN(C1CC1)S(=O)(=O)c1ccc(C)cc1C. The summed E-state index contributed by atoms with van der Waals surface area (Å²) in [5, 5.41) is 0. The molecule has 1 aliphatic carbocycles. The van der Waals surface area contributed by atoms with Crippen LogP contribution in [0.15, 0.2) is 23.1 Å². The molecule has 5 nitrogen and oxygen atoms in total.